The minimum atomic E-state index is 0.149. The van der Waals surface area contributed by atoms with Gasteiger partial charge in [-0.25, -0.2) is 9.98 Å². The second kappa shape index (κ2) is 5.59. The lowest BCUT2D eigenvalue weighted by atomic mass is 10.1. The Morgan fingerprint density at radius 3 is 2.83 bits per heavy atom. The third-order valence-corrected chi connectivity index (χ3v) is 4.79. The molecule has 4 rings (SSSR count). The van der Waals surface area contributed by atoms with Crippen molar-refractivity contribution in [3.63, 3.8) is 0 Å². The maximum Gasteiger partial charge on any atom is 0.160 e. The van der Waals surface area contributed by atoms with Crippen LogP contribution in [0.5, 0.6) is 0 Å². The number of para-hydroxylation sites is 2. The molecule has 23 heavy (non-hydrogen) atoms. The smallest absolute Gasteiger partial charge is 0.160 e. The van der Waals surface area contributed by atoms with Gasteiger partial charge in [-0.05, 0) is 30.7 Å². The summed E-state index contributed by atoms with van der Waals surface area (Å²) < 4.78 is 0. The van der Waals surface area contributed by atoms with E-state index in [0.29, 0.717) is 5.17 Å². The summed E-state index contributed by atoms with van der Waals surface area (Å²) in [6.45, 7) is 2.10. The van der Waals surface area contributed by atoms with Crippen LogP contribution in [0.25, 0.3) is 16.7 Å². The molecule has 4 nitrogen and oxygen atoms in total. The first-order valence-electron chi connectivity index (χ1n) is 7.43. The van der Waals surface area contributed by atoms with Crippen LogP contribution in [0, 0.1) is 6.92 Å². The number of imidazole rings is 1. The maximum atomic E-state index is 6.05. The molecule has 2 heterocycles. The first-order valence-corrected chi connectivity index (χ1v) is 8.31. The van der Waals surface area contributed by atoms with Gasteiger partial charge in [0, 0.05) is 0 Å². The van der Waals surface area contributed by atoms with E-state index in [4.69, 9.17) is 5.73 Å². The highest BCUT2D eigenvalue weighted by molar-refractivity contribution is 8.14. The van der Waals surface area contributed by atoms with E-state index >= 15 is 0 Å². The number of aliphatic imine (C=N–C) groups is 1. The Kier molecular flexibility index (Phi) is 3.42. The Morgan fingerprint density at radius 2 is 2.00 bits per heavy atom. The lowest BCUT2D eigenvalue weighted by Gasteiger charge is -2.18. The molecule has 1 aliphatic rings. The number of nitrogens with one attached hydrogen (secondary N) is 1. The average Bonchev–Trinajstić information content (AvgIpc) is 2.98. The summed E-state index contributed by atoms with van der Waals surface area (Å²) in [4.78, 5) is 12.4. The standard InChI is InChI=1S/C18H16N4S/c1-11-5-4-6-12(9-11)16-10-15(22-18(19)23-16)17-20-13-7-2-3-8-14(13)21-17/h2-10,16H,1H3,(H2,19,22)(H,20,21). The topological polar surface area (TPSA) is 67.1 Å². The summed E-state index contributed by atoms with van der Waals surface area (Å²) in [5.41, 5.74) is 11.2. The molecule has 0 bridgehead atoms. The summed E-state index contributed by atoms with van der Waals surface area (Å²) >= 11 is 1.56. The number of aromatic nitrogens is 2. The Bertz CT molecular complexity index is 906. The van der Waals surface area contributed by atoms with Crippen LogP contribution in [0.15, 0.2) is 59.6 Å². The summed E-state index contributed by atoms with van der Waals surface area (Å²) in [5.74, 6) is 0.757. The monoisotopic (exact) mass is 320 g/mol. The van der Waals surface area contributed by atoms with Gasteiger partial charge in [0.1, 0.15) is 5.70 Å². The van der Waals surface area contributed by atoms with Crippen LogP contribution in [0.3, 0.4) is 0 Å². The number of nitrogens with zero attached hydrogens (tertiary/aromatic N) is 2. The highest BCUT2D eigenvalue weighted by atomic mass is 32.2. The van der Waals surface area contributed by atoms with Gasteiger partial charge in [-0.3, -0.25) is 0 Å². The number of rotatable bonds is 2. The zero-order valence-corrected chi connectivity index (χ0v) is 13.5. The van der Waals surface area contributed by atoms with Crippen molar-refractivity contribution in [1.29, 1.82) is 0 Å². The van der Waals surface area contributed by atoms with Crippen LogP contribution in [0.2, 0.25) is 0 Å². The van der Waals surface area contributed by atoms with E-state index in [1.54, 1.807) is 11.8 Å². The lowest BCUT2D eigenvalue weighted by Crippen LogP contribution is -2.13. The van der Waals surface area contributed by atoms with Crippen molar-refractivity contribution in [3.8, 4) is 0 Å². The first kappa shape index (κ1) is 14.1. The van der Waals surface area contributed by atoms with Gasteiger partial charge in [0.05, 0.1) is 16.3 Å². The fourth-order valence-electron chi connectivity index (χ4n) is 2.71. The van der Waals surface area contributed by atoms with E-state index < -0.39 is 0 Å². The minimum Gasteiger partial charge on any atom is -0.378 e. The molecule has 114 valence electrons. The second-order valence-electron chi connectivity index (χ2n) is 5.56. The van der Waals surface area contributed by atoms with Gasteiger partial charge < -0.3 is 10.7 Å². The number of nitrogens with two attached hydrogens (primary N) is 1. The van der Waals surface area contributed by atoms with Crippen molar-refractivity contribution in [2.45, 2.75) is 12.2 Å². The predicted molar refractivity (Wildman–Crippen MR) is 97.2 cm³/mol. The van der Waals surface area contributed by atoms with Gasteiger partial charge >= 0.3 is 0 Å². The molecule has 0 aliphatic carbocycles. The molecule has 1 atom stereocenters. The van der Waals surface area contributed by atoms with Crippen molar-refractivity contribution in [2.75, 3.05) is 0 Å². The molecular weight excluding hydrogens is 304 g/mol. The molecule has 0 saturated carbocycles. The highest BCUT2D eigenvalue weighted by Crippen LogP contribution is 2.37. The molecule has 1 unspecified atom stereocenters. The van der Waals surface area contributed by atoms with Gasteiger partial charge in [0.2, 0.25) is 0 Å². The summed E-state index contributed by atoms with van der Waals surface area (Å²) in [6, 6.07) is 16.4. The molecule has 0 radical (unpaired) electrons. The van der Waals surface area contributed by atoms with Crippen LogP contribution in [-0.4, -0.2) is 15.1 Å². The molecule has 1 aliphatic heterocycles. The maximum absolute atomic E-state index is 6.05. The second-order valence-corrected chi connectivity index (χ2v) is 6.72. The molecule has 0 saturated heterocycles. The van der Waals surface area contributed by atoms with E-state index in [1.165, 1.54) is 11.1 Å². The Hall–Kier alpha value is -2.53. The summed E-state index contributed by atoms with van der Waals surface area (Å²) in [5, 5.41) is 0.713. The number of hydrogen-bond donors (Lipinski definition) is 2. The molecule has 0 spiro atoms. The molecular formula is C18H16N4S. The molecule has 3 aromatic rings. The summed E-state index contributed by atoms with van der Waals surface area (Å²) in [6.07, 6.45) is 2.12. The molecule has 5 heteroatoms. The third-order valence-electron chi connectivity index (χ3n) is 3.79. The van der Waals surface area contributed by atoms with E-state index in [9.17, 15) is 0 Å². The molecule has 2 aromatic carbocycles. The Morgan fingerprint density at radius 1 is 1.13 bits per heavy atom. The first-order chi connectivity index (χ1) is 11.2. The summed E-state index contributed by atoms with van der Waals surface area (Å²) in [7, 11) is 0. The van der Waals surface area contributed by atoms with Crippen LogP contribution in [0.4, 0.5) is 0 Å². The predicted octanol–water partition coefficient (Wildman–Crippen LogP) is 4.02. The van der Waals surface area contributed by atoms with Crippen molar-refractivity contribution >= 4 is 33.7 Å². The highest BCUT2D eigenvalue weighted by Gasteiger charge is 2.20. The number of aromatic amines is 1. The zero-order chi connectivity index (χ0) is 15.8. The van der Waals surface area contributed by atoms with Crippen molar-refractivity contribution < 1.29 is 0 Å². The minimum absolute atomic E-state index is 0.149. The number of H-pyrrole nitrogens is 1. The molecule has 3 N–H and O–H groups in total. The SMILES string of the molecule is Cc1cccc(C2C=C(c3nc4ccccc4[nH]3)N=C(N)S2)c1. The Balaban J connectivity index is 1.77. The van der Waals surface area contributed by atoms with E-state index in [1.807, 2.05) is 24.3 Å². The van der Waals surface area contributed by atoms with Gasteiger partial charge in [-0.2, -0.15) is 0 Å². The largest absolute Gasteiger partial charge is 0.378 e. The number of benzene rings is 2. The normalized spacial score (nSPS) is 17.9. The van der Waals surface area contributed by atoms with E-state index in [-0.39, 0.29) is 5.25 Å². The third kappa shape index (κ3) is 2.75. The number of hydrogen-bond acceptors (Lipinski definition) is 4. The molecule has 0 fully saturated rings. The fraction of sp³-hybridized carbons (Fsp3) is 0.111. The number of thioether (sulfide) groups is 1. The van der Waals surface area contributed by atoms with Crippen molar-refractivity contribution in [3.05, 3.63) is 71.6 Å². The zero-order valence-electron chi connectivity index (χ0n) is 12.7. The average molecular weight is 320 g/mol. The van der Waals surface area contributed by atoms with Gasteiger partial charge in [0.25, 0.3) is 0 Å². The van der Waals surface area contributed by atoms with E-state index in [2.05, 4.69) is 52.2 Å². The van der Waals surface area contributed by atoms with Crippen LogP contribution < -0.4 is 5.73 Å². The quantitative estimate of drug-likeness (QED) is 0.749. The molecule has 1 aromatic heterocycles. The number of fused-ring (bicyclic) bond motifs is 1. The number of amidine groups is 1. The van der Waals surface area contributed by atoms with Crippen LogP contribution >= 0.6 is 11.8 Å². The Labute approximate surface area is 138 Å². The fourth-order valence-corrected chi connectivity index (χ4v) is 3.60. The van der Waals surface area contributed by atoms with Gasteiger partial charge in [-0.1, -0.05) is 53.7 Å². The van der Waals surface area contributed by atoms with Crippen LogP contribution in [0.1, 0.15) is 22.2 Å². The molecule has 0 amide bonds. The van der Waals surface area contributed by atoms with E-state index in [0.717, 1.165) is 22.6 Å². The van der Waals surface area contributed by atoms with Gasteiger partial charge in [-0.15, -0.1) is 0 Å². The van der Waals surface area contributed by atoms with Crippen molar-refractivity contribution in [1.82, 2.24) is 9.97 Å². The van der Waals surface area contributed by atoms with Crippen LogP contribution in [-0.2, 0) is 0 Å². The number of aryl methyl sites for hydroxylation is 1. The lowest BCUT2D eigenvalue weighted by molar-refractivity contribution is 1.17. The van der Waals surface area contributed by atoms with Crippen molar-refractivity contribution in [2.24, 2.45) is 10.7 Å². The van der Waals surface area contributed by atoms with Gasteiger partial charge in [0.15, 0.2) is 11.0 Å².